The first-order chi connectivity index (χ1) is 14.3. The van der Waals surface area contributed by atoms with Crippen molar-refractivity contribution in [3.8, 4) is 18.1 Å². The summed E-state index contributed by atoms with van der Waals surface area (Å²) in [5, 5.41) is 10.7. The molecule has 0 bridgehead atoms. The van der Waals surface area contributed by atoms with Crippen LogP contribution in [0, 0.1) is 22.5 Å². The van der Waals surface area contributed by atoms with E-state index in [9.17, 15) is 19.7 Å². The molecular formula is C20H12Cl2N2O5S. The molecule has 1 heterocycles. The minimum atomic E-state index is -0.488. The quantitative estimate of drug-likeness (QED) is 0.255. The molecule has 1 fully saturated rings. The number of nitrogens with zero attached hydrogens (tertiary/aromatic N) is 2. The van der Waals surface area contributed by atoms with E-state index >= 15 is 0 Å². The number of benzene rings is 2. The Kier molecular flexibility index (Phi) is 6.67. The van der Waals surface area contributed by atoms with Crippen LogP contribution in [0.15, 0.2) is 41.3 Å². The summed E-state index contributed by atoms with van der Waals surface area (Å²) in [5.74, 6) is 2.02. The van der Waals surface area contributed by atoms with Gasteiger partial charge in [0.05, 0.1) is 26.4 Å². The summed E-state index contributed by atoms with van der Waals surface area (Å²) < 4.78 is 5.66. The van der Waals surface area contributed by atoms with Crippen molar-refractivity contribution in [2.45, 2.75) is 6.61 Å². The van der Waals surface area contributed by atoms with Gasteiger partial charge < -0.3 is 4.74 Å². The summed E-state index contributed by atoms with van der Waals surface area (Å²) in [7, 11) is 0. The lowest BCUT2D eigenvalue weighted by molar-refractivity contribution is -0.384. The van der Waals surface area contributed by atoms with Crippen molar-refractivity contribution < 1.29 is 19.2 Å². The molecule has 0 N–H and O–H groups in total. The first-order valence-corrected chi connectivity index (χ1v) is 9.91. The highest BCUT2D eigenvalue weighted by atomic mass is 35.5. The fourth-order valence-corrected chi connectivity index (χ4v) is 4.00. The molecule has 30 heavy (non-hydrogen) atoms. The monoisotopic (exact) mass is 462 g/mol. The van der Waals surface area contributed by atoms with E-state index in [0.717, 1.165) is 16.7 Å². The number of carbonyl (C=O) groups is 2. The van der Waals surface area contributed by atoms with Gasteiger partial charge in [0.1, 0.15) is 6.61 Å². The van der Waals surface area contributed by atoms with Crippen molar-refractivity contribution in [2.24, 2.45) is 0 Å². The Morgan fingerprint density at radius 3 is 2.40 bits per heavy atom. The third-order valence-electron chi connectivity index (χ3n) is 3.97. The van der Waals surface area contributed by atoms with E-state index in [2.05, 4.69) is 5.92 Å². The molecule has 2 aromatic carbocycles. The predicted octanol–water partition coefficient (Wildman–Crippen LogP) is 5.15. The molecule has 1 aliphatic rings. The van der Waals surface area contributed by atoms with Crippen LogP contribution in [-0.2, 0) is 11.4 Å². The molecule has 1 saturated heterocycles. The van der Waals surface area contributed by atoms with Crippen LogP contribution in [-0.4, -0.2) is 27.5 Å². The summed E-state index contributed by atoms with van der Waals surface area (Å²) in [6.07, 6.45) is 6.67. The van der Waals surface area contributed by atoms with Gasteiger partial charge in [-0.15, -0.1) is 6.42 Å². The molecule has 0 spiro atoms. The number of hydrogen-bond acceptors (Lipinski definition) is 6. The second kappa shape index (κ2) is 9.22. The zero-order chi connectivity index (χ0) is 21.8. The van der Waals surface area contributed by atoms with E-state index in [1.807, 2.05) is 0 Å². The minimum Gasteiger partial charge on any atom is -0.486 e. The van der Waals surface area contributed by atoms with E-state index in [-0.39, 0.29) is 39.5 Å². The second-order valence-electron chi connectivity index (χ2n) is 6.00. The van der Waals surface area contributed by atoms with E-state index < -0.39 is 16.1 Å². The van der Waals surface area contributed by atoms with E-state index in [4.69, 9.17) is 34.4 Å². The van der Waals surface area contributed by atoms with Crippen molar-refractivity contribution in [3.05, 3.63) is 72.6 Å². The number of carbonyl (C=O) groups excluding carboxylic acids is 2. The van der Waals surface area contributed by atoms with Gasteiger partial charge >= 0.3 is 0 Å². The van der Waals surface area contributed by atoms with Gasteiger partial charge in [-0.2, -0.15) is 0 Å². The van der Waals surface area contributed by atoms with Gasteiger partial charge in [0.2, 0.25) is 0 Å². The number of halogens is 2. The van der Waals surface area contributed by atoms with Gasteiger partial charge in [-0.1, -0.05) is 29.1 Å². The topological polar surface area (TPSA) is 89.8 Å². The summed E-state index contributed by atoms with van der Waals surface area (Å²) in [5.41, 5.74) is 1.18. The molecule has 1 aliphatic heterocycles. The van der Waals surface area contributed by atoms with E-state index in [0.29, 0.717) is 11.1 Å². The Hall–Kier alpha value is -2.99. The number of amides is 2. The average molecular weight is 463 g/mol. The van der Waals surface area contributed by atoms with Crippen LogP contribution in [0.25, 0.3) is 6.08 Å². The molecule has 0 unspecified atom stereocenters. The summed E-state index contributed by atoms with van der Waals surface area (Å²) in [4.78, 5) is 35.5. The zero-order valence-corrected chi connectivity index (χ0v) is 17.5. The van der Waals surface area contributed by atoms with Crippen LogP contribution in [0.2, 0.25) is 10.0 Å². The van der Waals surface area contributed by atoms with Crippen molar-refractivity contribution in [1.29, 1.82) is 0 Å². The number of hydrogen-bond donors (Lipinski definition) is 0. The standard InChI is InChI=1S/C20H12Cl2N2O5S/c1-2-7-23-19(25)17(30-20(23)26)10-13-8-15(21)18(16(22)9-13)29-11-12-3-5-14(6-4-12)24(27)28/h1,3-6,8-10H,7,11H2. The molecule has 3 rings (SSSR count). The zero-order valence-electron chi connectivity index (χ0n) is 15.1. The average Bonchev–Trinajstić information content (AvgIpc) is 2.95. The van der Waals surface area contributed by atoms with Crippen LogP contribution >= 0.6 is 35.0 Å². The molecule has 2 aromatic rings. The highest BCUT2D eigenvalue weighted by Gasteiger charge is 2.34. The van der Waals surface area contributed by atoms with Crippen molar-refractivity contribution >= 4 is 57.9 Å². The number of imide groups is 1. The van der Waals surface area contributed by atoms with Crippen LogP contribution in [0.5, 0.6) is 5.75 Å². The lowest BCUT2D eigenvalue weighted by Crippen LogP contribution is -2.28. The highest BCUT2D eigenvalue weighted by Crippen LogP contribution is 2.37. The number of ether oxygens (including phenoxy) is 1. The van der Waals surface area contributed by atoms with E-state index in [1.165, 1.54) is 18.2 Å². The fraction of sp³-hybridized carbons (Fsp3) is 0.100. The summed E-state index contributed by atoms with van der Waals surface area (Å²) >= 11 is 13.3. The Bertz CT molecular complexity index is 1090. The molecule has 0 saturated carbocycles. The van der Waals surface area contributed by atoms with Gasteiger partial charge in [0.25, 0.3) is 16.8 Å². The van der Waals surface area contributed by atoms with Gasteiger partial charge in [0.15, 0.2) is 5.75 Å². The van der Waals surface area contributed by atoms with Crippen LogP contribution < -0.4 is 4.74 Å². The normalized spacial score (nSPS) is 14.8. The fourth-order valence-electron chi connectivity index (χ4n) is 2.55. The van der Waals surface area contributed by atoms with Crippen molar-refractivity contribution in [1.82, 2.24) is 4.90 Å². The van der Waals surface area contributed by atoms with Crippen LogP contribution in [0.1, 0.15) is 11.1 Å². The van der Waals surface area contributed by atoms with Crippen molar-refractivity contribution in [3.63, 3.8) is 0 Å². The molecule has 7 nitrogen and oxygen atoms in total. The first kappa shape index (κ1) is 21.7. The molecule has 0 atom stereocenters. The van der Waals surface area contributed by atoms with E-state index in [1.54, 1.807) is 24.3 Å². The van der Waals surface area contributed by atoms with Crippen LogP contribution in [0.4, 0.5) is 10.5 Å². The Morgan fingerprint density at radius 2 is 1.83 bits per heavy atom. The van der Waals surface area contributed by atoms with Gasteiger partial charge in [-0.05, 0) is 53.2 Å². The number of nitro benzene ring substituents is 1. The second-order valence-corrected chi connectivity index (χ2v) is 7.81. The predicted molar refractivity (Wildman–Crippen MR) is 115 cm³/mol. The Labute approximate surface area is 185 Å². The molecule has 10 heteroatoms. The summed E-state index contributed by atoms with van der Waals surface area (Å²) in [6.45, 7) is 0.000694. The largest absolute Gasteiger partial charge is 0.486 e. The lowest BCUT2D eigenvalue weighted by Gasteiger charge is -2.11. The number of terminal acetylenes is 1. The Balaban J connectivity index is 1.76. The Morgan fingerprint density at radius 1 is 1.20 bits per heavy atom. The maximum Gasteiger partial charge on any atom is 0.294 e. The third-order valence-corrected chi connectivity index (χ3v) is 5.44. The molecule has 2 amide bonds. The maximum absolute atomic E-state index is 12.3. The van der Waals surface area contributed by atoms with Gasteiger partial charge in [-0.25, -0.2) is 0 Å². The third kappa shape index (κ3) is 4.76. The number of thioether (sulfide) groups is 1. The number of nitro groups is 1. The van der Waals surface area contributed by atoms with Crippen LogP contribution in [0.3, 0.4) is 0 Å². The minimum absolute atomic E-state index is 0.0224. The number of rotatable bonds is 6. The lowest BCUT2D eigenvalue weighted by atomic mass is 10.2. The van der Waals surface area contributed by atoms with Crippen molar-refractivity contribution in [2.75, 3.05) is 6.54 Å². The highest BCUT2D eigenvalue weighted by molar-refractivity contribution is 8.18. The molecule has 0 radical (unpaired) electrons. The maximum atomic E-state index is 12.3. The molecular weight excluding hydrogens is 451 g/mol. The van der Waals surface area contributed by atoms with Gasteiger partial charge in [0, 0.05) is 12.1 Å². The SMILES string of the molecule is C#CCN1C(=O)SC(=Cc2cc(Cl)c(OCc3ccc([N+](=O)[O-])cc3)c(Cl)c2)C1=O. The molecule has 0 aliphatic carbocycles. The van der Waals surface area contributed by atoms with Gasteiger partial charge in [-0.3, -0.25) is 24.6 Å². The first-order valence-electron chi connectivity index (χ1n) is 8.34. The molecule has 152 valence electrons. The number of non-ortho nitro benzene ring substituents is 1. The smallest absolute Gasteiger partial charge is 0.294 e. The molecule has 0 aromatic heterocycles. The summed E-state index contributed by atoms with van der Waals surface area (Å²) in [6, 6.07) is 8.99.